The molecule has 2 aromatic rings. The number of likely N-dealkylation sites (N-methyl/N-ethyl adjacent to an activating group) is 1. The van der Waals surface area contributed by atoms with Gasteiger partial charge in [-0.3, -0.25) is 4.79 Å². The van der Waals surface area contributed by atoms with E-state index in [1.807, 2.05) is 18.2 Å². The van der Waals surface area contributed by atoms with Crippen molar-refractivity contribution in [3.05, 3.63) is 59.4 Å². The molecule has 134 valence electrons. The van der Waals surface area contributed by atoms with Crippen LogP contribution < -0.4 is 10.1 Å². The lowest BCUT2D eigenvalue weighted by Crippen LogP contribution is -2.32. The number of anilines is 1. The van der Waals surface area contributed by atoms with E-state index >= 15 is 0 Å². The molecule has 0 saturated carbocycles. The molecule has 2 aromatic carbocycles. The van der Waals surface area contributed by atoms with Gasteiger partial charge in [0.25, 0.3) is 5.91 Å². The Morgan fingerprint density at radius 3 is 2.84 bits per heavy atom. The first kappa shape index (κ1) is 19.1. The average Bonchev–Trinajstić information content (AvgIpc) is 2.62. The van der Waals surface area contributed by atoms with Crippen molar-refractivity contribution in [3.8, 4) is 5.75 Å². The van der Waals surface area contributed by atoms with E-state index in [4.69, 9.17) is 4.74 Å². The minimum absolute atomic E-state index is 0. The van der Waals surface area contributed by atoms with E-state index in [0.717, 1.165) is 36.2 Å². The summed E-state index contributed by atoms with van der Waals surface area (Å²) >= 11 is 0. The van der Waals surface area contributed by atoms with Gasteiger partial charge in [-0.2, -0.15) is 0 Å². The maximum atomic E-state index is 13.5. The van der Waals surface area contributed by atoms with Gasteiger partial charge in [-0.05, 0) is 42.7 Å². The first-order valence-corrected chi connectivity index (χ1v) is 8.15. The number of fused-ring (bicyclic) bond motifs is 1. The minimum atomic E-state index is -0.394. The number of halogens is 2. The highest BCUT2D eigenvalue weighted by Crippen LogP contribution is 2.26. The summed E-state index contributed by atoms with van der Waals surface area (Å²) in [6, 6.07) is 12.0. The number of nitrogens with one attached hydrogen (secondary N) is 1. The summed E-state index contributed by atoms with van der Waals surface area (Å²) < 4.78 is 18.9. The largest absolute Gasteiger partial charge is 0.489 e. The van der Waals surface area contributed by atoms with Crippen LogP contribution in [0, 0.1) is 5.82 Å². The van der Waals surface area contributed by atoms with Crippen molar-refractivity contribution in [3.63, 3.8) is 0 Å². The van der Waals surface area contributed by atoms with Gasteiger partial charge in [0, 0.05) is 24.8 Å². The maximum absolute atomic E-state index is 13.5. The van der Waals surface area contributed by atoms with Crippen LogP contribution in [0.15, 0.2) is 42.5 Å². The van der Waals surface area contributed by atoms with Gasteiger partial charge in [-0.1, -0.05) is 18.2 Å². The van der Waals surface area contributed by atoms with Crippen LogP contribution in [0.1, 0.15) is 22.3 Å². The Hall–Kier alpha value is -2.27. The second kappa shape index (κ2) is 8.72. The van der Waals surface area contributed by atoms with E-state index in [9.17, 15) is 9.18 Å². The second-order valence-corrected chi connectivity index (χ2v) is 5.87. The Bertz CT molecular complexity index is 739. The summed E-state index contributed by atoms with van der Waals surface area (Å²) in [5.74, 6) is -0.220. The highest BCUT2D eigenvalue weighted by atomic mass is 35.5. The molecule has 0 fully saturated rings. The number of para-hydroxylation sites is 1. The van der Waals surface area contributed by atoms with Crippen molar-refractivity contribution in [2.75, 3.05) is 32.1 Å². The van der Waals surface area contributed by atoms with Crippen LogP contribution in [0.5, 0.6) is 5.75 Å². The molecular weight excluding hydrogens is 343 g/mol. The normalized spacial score (nSPS) is 12.4. The van der Waals surface area contributed by atoms with Crippen molar-refractivity contribution < 1.29 is 13.9 Å². The predicted molar refractivity (Wildman–Crippen MR) is 99.4 cm³/mol. The second-order valence-electron chi connectivity index (χ2n) is 5.87. The molecule has 0 radical (unpaired) electrons. The first-order valence-electron chi connectivity index (χ1n) is 8.15. The topological polar surface area (TPSA) is 41.6 Å². The summed E-state index contributed by atoms with van der Waals surface area (Å²) in [5.41, 5.74) is 2.85. The minimum Gasteiger partial charge on any atom is -0.489 e. The Morgan fingerprint density at radius 1 is 1.24 bits per heavy atom. The van der Waals surface area contributed by atoms with Gasteiger partial charge in [0.1, 0.15) is 6.61 Å². The number of nitrogens with zero attached hydrogens (tertiary/aromatic N) is 1. The molecule has 1 aliphatic heterocycles. The summed E-state index contributed by atoms with van der Waals surface area (Å²) in [6.07, 6.45) is 1.93. The number of amides is 1. The number of carbonyl (C=O) groups excluding carboxylic acids is 1. The number of benzene rings is 2. The molecule has 1 N–H and O–H groups in total. The van der Waals surface area contributed by atoms with Gasteiger partial charge < -0.3 is 15.0 Å². The number of hydrogen-bond acceptors (Lipinski definition) is 3. The van der Waals surface area contributed by atoms with E-state index in [-0.39, 0.29) is 30.7 Å². The number of ether oxygens (including phenoxy) is 1. The number of rotatable bonds is 5. The highest BCUT2D eigenvalue weighted by Gasteiger charge is 2.20. The van der Waals surface area contributed by atoms with Gasteiger partial charge >= 0.3 is 0 Å². The van der Waals surface area contributed by atoms with Crippen LogP contribution in [0.2, 0.25) is 0 Å². The summed E-state index contributed by atoms with van der Waals surface area (Å²) in [7, 11) is 1.74. The van der Waals surface area contributed by atoms with E-state index in [1.54, 1.807) is 30.1 Å². The first-order chi connectivity index (χ1) is 11.7. The third-order valence-corrected chi connectivity index (χ3v) is 4.19. The van der Waals surface area contributed by atoms with Gasteiger partial charge in [0.05, 0.1) is 6.54 Å². The monoisotopic (exact) mass is 364 g/mol. The third-order valence-electron chi connectivity index (χ3n) is 4.19. The van der Waals surface area contributed by atoms with Crippen molar-refractivity contribution in [1.82, 2.24) is 4.90 Å². The maximum Gasteiger partial charge on any atom is 0.254 e. The van der Waals surface area contributed by atoms with E-state index in [1.165, 1.54) is 6.07 Å². The molecule has 0 spiro atoms. The van der Waals surface area contributed by atoms with Crippen LogP contribution >= 0.6 is 12.4 Å². The van der Waals surface area contributed by atoms with E-state index < -0.39 is 5.82 Å². The summed E-state index contributed by atoms with van der Waals surface area (Å²) in [6.45, 7) is 1.58. The zero-order valence-electron chi connectivity index (χ0n) is 14.1. The predicted octanol–water partition coefficient (Wildman–Crippen LogP) is 3.76. The fraction of sp³-hybridized carbons (Fsp3) is 0.316. The van der Waals surface area contributed by atoms with Gasteiger partial charge in [-0.15, -0.1) is 12.4 Å². The van der Waals surface area contributed by atoms with Crippen LogP contribution in [-0.2, 0) is 6.42 Å². The highest BCUT2D eigenvalue weighted by molar-refractivity contribution is 5.97. The van der Waals surface area contributed by atoms with E-state index in [0.29, 0.717) is 6.54 Å². The molecule has 0 saturated heterocycles. The molecule has 1 aliphatic rings. The Labute approximate surface area is 153 Å². The zero-order valence-corrected chi connectivity index (χ0v) is 14.9. The molecule has 6 heteroatoms. The lowest BCUT2D eigenvalue weighted by Gasteiger charge is -2.23. The smallest absolute Gasteiger partial charge is 0.254 e. The quantitative estimate of drug-likeness (QED) is 0.878. The van der Waals surface area contributed by atoms with E-state index in [2.05, 4.69) is 5.32 Å². The molecule has 4 nitrogen and oxygen atoms in total. The van der Waals surface area contributed by atoms with Crippen molar-refractivity contribution in [2.45, 2.75) is 12.8 Å². The van der Waals surface area contributed by atoms with Gasteiger partial charge in [-0.25, -0.2) is 4.39 Å². The zero-order chi connectivity index (χ0) is 16.9. The molecule has 0 unspecified atom stereocenters. The molecule has 25 heavy (non-hydrogen) atoms. The van der Waals surface area contributed by atoms with Crippen molar-refractivity contribution >= 4 is 24.0 Å². The Kier molecular flexibility index (Phi) is 6.65. The van der Waals surface area contributed by atoms with Gasteiger partial charge in [0.15, 0.2) is 11.6 Å². The molecular formula is C19H22ClFN2O2. The van der Waals surface area contributed by atoms with Crippen molar-refractivity contribution in [1.29, 1.82) is 0 Å². The van der Waals surface area contributed by atoms with Gasteiger partial charge in [0.2, 0.25) is 0 Å². The van der Waals surface area contributed by atoms with Crippen LogP contribution in [0.3, 0.4) is 0 Å². The fourth-order valence-electron chi connectivity index (χ4n) is 2.87. The van der Waals surface area contributed by atoms with Crippen molar-refractivity contribution in [2.24, 2.45) is 0 Å². The standard InChI is InChI=1S/C19H21FN2O2.ClH/c1-22(12-13-24-18-10-3-2-8-16(18)20)19(23)15-6-4-9-17-14(15)7-5-11-21-17;/h2-4,6,8-10,21H,5,7,11-13H2,1H3;1H. The third kappa shape index (κ3) is 4.42. The molecule has 1 heterocycles. The average molecular weight is 365 g/mol. The molecule has 0 bridgehead atoms. The molecule has 0 aromatic heterocycles. The van der Waals surface area contributed by atoms with Crippen LogP contribution in [0.4, 0.5) is 10.1 Å². The Morgan fingerprint density at radius 2 is 2.04 bits per heavy atom. The summed E-state index contributed by atoms with van der Waals surface area (Å²) in [4.78, 5) is 14.3. The number of hydrogen-bond donors (Lipinski definition) is 1. The SMILES string of the molecule is CN(CCOc1ccccc1F)C(=O)c1cccc2c1CCCN2.Cl. The molecule has 0 aliphatic carbocycles. The molecule has 1 amide bonds. The lowest BCUT2D eigenvalue weighted by molar-refractivity contribution is 0.0772. The van der Waals surface area contributed by atoms with Crippen LogP contribution in [-0.4, -0.2) is 37.6 Å². The molecule has 0 atom stereocenters. The van der Waals surface area contributed by atoms with Crippen LogP contribution in [0.25, 0.3) is 0 Å². The molecule has 3 rings (SSSR count). The lowest BCUT2D eigenvalue weighted by atomic mass is 9.97. The fourth-order valence-corrected chi connectivity index (χ4v) is 2.87. The summed E-state index contributed by atoms with van der Waals surface area (Å²) in [5, 5.41) is 3.33. The number of carbonyl (C=O) groups is 1. The Balaban J connectivity index is 0.00000225.